The van der Waals surface area contributed by atoms with Crippen molar-refractivity contribution in [3.8, 4) is 11.3 Å². The standard InChI is InChI=1S/C23H20FN3OS/c24-20-8-4-3-7-19(20)21-14-27-18(15-29-23(27)25-21)9-10-22(28)26-12-11-16-5-1-2-6-17(16)13-26/h1-8,14-15H,9-13H2. The van der Waals surface area contributed by atoms with Gasteiger partial charge in [0.2, 0.25) is 5.91 Å². The van der Waals surface area contributed by atoms with Gasteiger partial charge in [0, 0.05) is 42.3 Å². The molecular formula is C23H20FN3OS. The number of fused-ring (bicyclic) bond motifs is 2. The summed E-state index contributed by atoms with van der Waals surface area (Å²) < 4.78 is 16.1. The van der Waals surface area contributed by atoms with Gasteiger partial charge in [-0.05, 0) is 36.1 Å². The van der Waals surface area contributed by atoms with Crippen LogP contribution >= 0.6 is 11.3 Å². The lowest BCUT2D eigenvalue weighted by Crippen LogP contribution is -2.36. The molecule has 4 aromatic rings. The Bertz CT molecular complexity index is 1200. The number of halogens is 1. The number of amides is 1. The second-order valence-electron chi connectivity index (χ2n) is 7.32. The number of thiazole rings is 1. The Balaban J connectivity index is 1.30. The van der Waals surface area contributed by atoms with Gasteiger partial charge < -0.3 is 4.90 Å². The predicted molar refractivity (Wildman–Crippen MR) is 112 cm³/mol. The molecule has 3 heterocycles. The summed E-state index contributed by atoms with van der Waals surface area (Å²) >= 11 is 1.52. The number of imidazole rings is 1. The van der Waals surface area contributed by atoms with E-state index in [1.807, 2.05) is 33.0 Å². The van der Waals surface area contributed by atoms with Gasteiger partial charge in [-0.1, -0.05) is 36.4 Å². The van der Waals surface area contributed by atoms with Crippen LogP contribution in [-0.4, -0.2) is 26.7 Å². The topological polar surface area (TPSA) is 37.6 Å². The van der Waals surface area contributed by atoms with E-state index in [1.165, 1.54) is 28.5 Å². The molecule has 0 fully saturated rings. The van der Waals surface area contributed by atoms with Crippen LogP contribution in [0, 0.1) is 5.82 Å². The highest BCUT2D eigenvalue weighted by molar-refractivity contribution is 7.15. The number of hydrogen-bond donors (Lipinski definition) is 0. The third kappa shape index (κ3) is 3.44. The van der Waals surface area contributed by atoms with E-state index in [0.29, 0.717) is 30.6 Å². The molecule has 2 aromatic carbocycles. The molecule has 5 rings (SSSR count). The van der Waals surface area contributed by atoms with Crippen molar-refractivity contribution in [2.24, 2.45) is 0 Å². The fourth-order valence-corrected chi connectivity index (χ4v) is 4.82. The molecule has 1 aliphatic heterocycles. The lowest BCUT2D eigenvalue weighted by Gasteiger charge is -2.29. The number of carbonyl (C=O) groups is 1. The maximum Gasteiger partial charge on any atom is 0.223 e. The molecule has 1 amide bonds. The zero-order chi connectivity index (χ0) is 19.8. The van der Waals surface area contributed by atoms with Crippen LogP contribution in [0.3, 0.4) is 0 Å². The summed E-state index contributed by atoms with van der Waals surface area (Å²) in [5, 5.41) is 2.03. The summed E-state index contributed by atoms with van der Waals surface area (Å²) in [6, 6.07) is 15.0. The normalized spacial score (nSPS) is 13.6. The molecule has 0 unspecified atom stereocenters. The zero-order valence-electron chi connectivity index (χ0n) is 15.8. The molecule has 0 saturated heterocycles. The van der Waals surface area contributed by atoms with Crippen LogP contribution in [0.1, 0.15) is 23.2 Å². The summed E-state index contributed by atoms with van der Waals surface area (Å²) in [4.78, 5) is 20.1. The van der Waals surface area contributed by atoms with E-state index >= 15 is 0 Å². The fourth-order valence-electron chi connectivity index (χ4n) is 3.91. The van der Waals surface area contributed by atoms with E-state index < -0.39 is 0 Å². The second kappa shape index (κ2) is 7.44. The van der Waals surface area contributed by atoms with Crippen molar-refractivity contribution >= 4 is 22.2 Å². The summed E-state index contributed by atoms with van der Waals surface area (Å²) in [5.74, 6) is -0.103. The molecule has 0 N–H and O–H groups in total. The molecule has 0 radical (unpaired) electrons. The maximum atomic E-state index is 14.1. The third-order valence-electron chi connectivity index (χ3n) is 5.51. The molecule has 1 aliphatic rings. The minimum Gasteiger partial charge on any atom is -0.338 e. The molecule has 0 aliphatic carbocycles. The van der Waals surface area contributed by atoms with Gasteiger partial charge in [0.1, 0.15) is 5.82 Å². The molecule has 0 spiro atoms. The Labute approximate surface area is 172 Å². The first-order chi connectivity index (χ1) is 14.2. The molecule has 0 atom stereocenters. The maximum absolute atomic E-state index is 14.1. The van der Waals surface area contributed by atoms with Crippen molar-refractivity contribution in [2.45, 2.75) is 25.8 Å². The molecule has 6 heteroatoms. The molecule has 2 aromatic heterocycles. The van der Waals surface area contributed by atoms with Crippen LogP contribution < -0.4 is 0 Å². The van der Waals surface area contributed by atoms with Crippen molar-refractivity contribution in [1.29, 1.82) is 0 Å². The van der Waals surface area contributed by atoms with Crippen molar-refractivity contribution in [2.75, 3.05) is 6.54 Å². The average Bonchev–Trinajstić information content (AvgIpc) is 3.33. The lowest BCUT2D eigenvalue weighted by atomic mass is 9.99. The highest BCUT2D eigenvalue weighted by Gasteiger charge is 2.21. The first kappa shape index (κ1) is 18.1. The minimum atomic E-state index is -0.277. The van der Waals surface area contributed by atoms with Crippen molar-refractivity contribution < 1.29 is 9.18 Å². The van der Waals surface area contributed by atoms with Gasteiger partial charge in [0.05, 0.1) is 5.69 Å². The number of hydrogen-bond acceptors (Lipinski definition) is 3. The number of aryl methyl sites for hydroxylation is 1. The number of nitrogens with zero attached hydrogens (tertiary/aromatic N) is 3. The highest BCUT2D eigenvalue weighted by Crippen LogP contribution is 2.26. The van der Waals surface area contributed by atoms with Crippen molar-refractivity contribution in [3.63, 3.8) is 0 Å². The number of rotatable bonds is 4. The first-order valence-electron chi connectivity index (χ1n) is 9.74. The Hall–Kier alpha value is -2.99. The van der Waals surface area contributed by atoms with E-state index in [2.05, 4.69) is 23.2 Å². The quantitative estimate of drug-likeness (QED) is 0.493. The summed E-state index contributed by atoms with van der Waals surface area (Å²) in [7, 11) is 0. The second-order valence-corrected chi connectivity index (χ2v) is 8.16. The monoisotopic (exact) mass is 405 g/mol. The van der Waals surface area contributed by atoms with Gasteiger partial charge in [-0.25, -0.2) is 9.37 Å². The Kier molecular flexibility index (Phi) is 4.64. The average molecular weight is 405 g/mol. The minimum absolute atomic E-state index is 0.174. The SMILES string of the molecule is O=C(CCc1csc2nc(-c3ccccc3F)cn12)N1CCc2ccccc2C1. The van der Waals surface area contributed by atoms with Crippen molar-refractivity contribution in [1.82, 2.24) is 14.3 Å². The number of carbonyl (C=O) groups excluding carboxylic acids is 1. The summed E-state index contributed by atoms with van der Waals surface area (Å²) in [5.41, 5.74) is 4.74. The Morgan fingerprint density at radius 3 is 2.76 bits per heavy atom. The van der Waals surface area contributed by atoms with Crippen LogP contribution in [0.25, 0.3) is 16.2 Å². The van der Waals surface area contributed by atoms with Gasteiger partial charge in [-0.15, -0.1) is 11.3 Å². The van der Waals surface area contributed by atoms with Crippen LogP contribution in [0.4, 0.5) is 4.39 Å². The molecule has 0 saturated carbocycles. The zero-order valence-corrected chi connectivity index (χ0v) is 16.7. The van der Waals surface area contributed by atoms with Gasteiger partial charge >= 0.3 is 0 Å². The Morgan fingerprint density at radius 1 is 1.10 bits per heavy atom. The van der Waals surface area contributed by atoms with Crippen LogP contribution in [0.15, 0.2) is 60.1 Å². The molecule has 4 nitrogen and oxygen atoms in total. The molecule has 29 heavy (non-hydrogen) atoms. The van der Waals surface area contributed by atoms with Gasteiger partial charge in [-0.2, -0.15) is 0 Å². The summed E-state index contributed by atoms with van der Waals surface area (Å²) in [6.07, 6.45) is 3.88. The van der Waals surface area contributed by atoms with Gasteiger partial charge in [0.25, 0.3) is 0 Å². The molecular weight excluding hydrogens is 385 g/mol. The van der Waals surface area contributed by atoms with E-state index in [4.69, 9.17) is 0 Å². The molecule has 0 bridgehead atoms. The predicted octanol–water partition coefficient (Wildman–Crippen LogP) is 4.72. The molecule has 146 valence electrons. The summed E-state index contributed by atoms with van der Waals surface area (Å²) in [6.45, 7) is 1.47. The van der Waals surface area contributed by atoms with E-state index in [1.54, 1.807) is 12.1 Å². The smallest absolute Gasteiger partial charge is 0.223 e. The van der Waals surface area contributed by atoms with Crippen LogP contribution in [0.2, 0.25) is 0 Å². The highest BCUT2D eigenvalue weighted by atomic mass is 32.1. The lowest BCUT2D eigenvalue weighted by molar-refractivity contribution is -0.132. The van der Waals surface area contributed by atoms with Crippen LogP contribution in [-0.2, 0) is 24.2 Å². The van der Waals surface area contributed by atoms with Gasteiger partial charge in [-0.3, -0.25) is 9.20 Å². The van der Waals surface area contributed by atoms with Crippen LogP contribution in [0.5, 0.6) is 0 Å². The number of aromatic nitrogens is 2. The van der Waals surface area contributed by atoms with E-state index in [0.717, 1.165) is 23.6 Å². The van der Waals surface area contributed by atoms with E-state index in [9.17, 15) is 9.18 Å². The first-order valence-corrected chi connectivity index (χ1v) is 10.6. The van der Waals surface area contributed by atoms with E-state index in [-0.39, 0.29) is 11.7 Å². The largest absolute Gasteiger partial charge is 0.338 e. The third-order valence-corrected chi connectivity index (χ3v) is 6.40. The Morgan fingerprint density at radius 2 is 1.90 bits per heavy atom. The van der Waals surface area contributed by atoms with Gasteiger partial charge in [0.15, 0.2) is 4.96 Å². The number of benzene rings is 2. The fraction of sp³-hybridized carbons (Fsp3) is 0.217. The van der Waals surface area contributed by atoms with Crippen molar-refractivity contribution in [3.05, 3.63) is 82.7 Å².